The molecule has 0 spiro atoms. The Labute approximate surface area is 254 Å². The Morgan fingerprint density at radius 3 is 2.32 bits per heavy atom. The van der Waals surface area contributed by atoms with Crippen LogP contribution in [-0.4, -0.2) is 88.9 Å². The van der Waals surface area contributed by atoms with E-state index in [1.807, 2.05) is 18.9 Å². The molecule has 0 aliphatic carbocycles. The minimum absolute atomic E-state index is 0.0777. The van der Waals surface area contributed by atoms with Crippen LogP contribution in [0.1, 0.15) is 50.2 Å². The number of carbonyl (C=O) groups excluding carboxylic acids is 2. The summed E-state index contributed by atoms with van der Waals surface area (Å²) in [6.07, 6.45) is -0.747. The van der Waals surface area contributed by atoms with Crippen molar-refractivity contribution in [3.8, 4) is 5.75 Å². The van der Waals surface area contributed by atoms with Crippen molar-refractivity contribution in [1.29, 1.82) is 0 Å². The first-order valence-electron chi connectivity index (χ1n) is 14.5. The molecule has 2 saturated heterocycles. The molecule has 0 atom stereocenters. The molecule has 0 saturated carbocycles. The number of benzene rings is 2. The van der Waals surface area contributed by atoms with Crippen LogP contribution in [0.4, 0.5) is 24.8 Å². The number of halogens is 3. The molecule has 2 aliphatic heterocycles. The number of likely N-dealkylation sites (N-methyl/N-ethyl adjacent to an activating group) is 1. The number of hydrogen-bond donors (Lipinski definition) is 2. The van der Waals surface area contributed by atoms with Gasteiger partial charge in [0.1, 0.15) is 11.9 Å². The van der Waals surface area contributed by atoms with Crippen molar-refractivity contribution in [2.24, 2.45) is 0 Å². The normalized spacial score (nSPS) is 17.0. The maximum Gasteiger partial charge on any atom is 0.416 e. The molecule has 0 unspecified atom stereocenters. The zero-order valence-corrected chi connectivity index (χ0v) is 24.7. The van der Waals surface area contributed by atoms with Crippen LogP contribution in [0.15, 0.2) is 48.8 Å². The summed E-state index contributed by atoms with van der Waals surface area (Å²) in [6.45, 7) is 5.97. The van der Waals surface area contributed by atoms with Gasteiger partial charge in [0.2, 0.25) is 5.95 Å². The lowest BCUT2D eigenvalue weighted by molar-refractivity contribution is -0.138. The Kier molecular flexibility index (Phi) is 9.35. The van der Waals surface area contributed by atoms with E-state index in [2.05, 4.69) is 20.2 Å². The van der Waals surface area contributed by atoms with E-state index in [1.165, 1.54) is 24.5 Å². The van der Waals surface area contributed by atoms with E-state index in [4.69, 9.17) is 10.5 Å². The lowest BCUT2D eigenvalue weighted by Gasteiger charge is -2.33. The predicted molar refractivity (Wildman–Crippen MR) is 159 cm³/mol. The SMILES string of the molecule is Cc1ccc(NC(=O)c2ccc(CN3CCN(C)CC3)c(C(F)(F)F)c2)cc1OC1CCN(C(=O)c2cnc(N)nc2)CC1. The number of aryl methyl sites for hydroxylation is 1. The monoisotopic (exact) mass is 611 g/mol. The van der Waals surface area contributed by atoms with Crippen molar-refractivity contribution in [2.45, 2.75) is 38.6 Å². The van der Waals surface area contributed by atoms with E-state index in [-0.39, 0.29) is 35.6 Å². The van der Waals surface area contributed by atoms with E-state index in [1.54, 1.807) is 23.1 Å². The van der Waals surface area contributed by atoms with Crippen LogP contribution in [0.3, 0.4) is 0 Å². The number of nitrogens with zero attached hydrogens (tertiary/aromatic N) is 5. The molecule has 0 radical (unpaired) electrons. The molecule has 2 amide bonds. The summed E-state index contributed by atoms with van der Waals surface area (Å²) in [5.41, 5.74) is 6.39. The van der Waals surface area contributed by atoms with Gasteiger partial charge < -0.3 is 25.6 Å². The predicted octanol–water partition coefficient (Wildman–Crippen LogP) is 4.07. The van der Waals surface area contributed by atoms with Gasteiger partial charge in [-0.25, -0.2) is 9.97 Å². The minimum atomic E-state index is -4.59. The van der Waals surface area contributed by atoms with Crippen LogP contribution in [0.25, 0.3) is 0 Å². The van der Waals surface area contributed by atoms with Gasteiger partial charge in [0.15, 0.2) is 0 Å². The molecule has 0 bridgehead atoms. The number of piperazine rings is 1. The fourth-order valence-corrected chi connectivity index (χ4v) is 5.36. The number of nitrogens with two attached hydrogens (primary N) is 1. The molecule has 2 fully saturated rings. The molecular weight excluding hydrogens is 575 g/mol. The van der Waals surface area contributed by atoms with Gasteiger partial charge in [-0.2, -0.15) is 13.2 Å². The number of carbonyl (C=O) groups is 2. The number of amides is 2. The number of hydrogen-bond acceptors (Lipinski definition) is 8. The molecule has 234 valence electrons. The summed E-state index contributed by atoms with van der Waals surface area (Å²) in [4.78, 5) is 39.4. The second kappa shape index (κ2) is 13.2. The Balaban J connectivity index is 1.21. The number of ether oxygens (including phenoxy) is 1. The van der Waals surface area contributed by atoms with Crippen LogP contribution in [0.5, 0.6) is 5.75 Å². The zero-order chi connectivity index (χ0) is 31.4. The third kappa shape index (κ3) is 7.64. The van der Waals surface area contributed by atoms with Crippen LogP contribution in [0, 0.1) is 6.92 Å². The molecule has 3 heterocycles. The highest BCUT2D eigenvalue weighted by Crippen LogP contribution is 2.34. The summed E-state index contributed by atoms with van der Waals surface area (Å²) in [5.74, 6) is -0.165. The van der Waals surface area contributed by atoms with Crippen molar-refractivity contribution < 1.29 is 27.5 Å². The first-order chi connectivity index (χ1) is 21.0. The van der Waals surface area contributed by atoms with E-state index in [9.17, 15) is 22.8 Å². The number of nitrogen functional groups attached to an aromatic ring is 1. The number of anilines is 2. The standard InChI is InChI=1S/C31H36F3N7O3/c1-20-3-6-24(16-27(20)44-25-7-9-41(10-8-25)29(43)23-17-36-30(35)37-18-23)38-28(42)21-4-5-22(26(15-21)31(32,33)34)19-40-13-11-39(2)12-14-40/h3-6,15-18,25H,7-14,19H2,1-2H3,(H,38,42)(H2,35,36,37). The minimum Gasteiger partial charge on any atom is -0.490 e. The summed E-state index contributed by atoms with van der Waals surface area (Å²) < 4.78 is 48.3. The Bertz CT molecular complexity index is 1480. The first-order valence-corrected chi connectivity index (χ1v) is 14.5. The van der Waals surface area contributed by atoms with Gasteiger partial charge >= 0.3 is 6.18 Å². The van der Waals surface area contributed by atoms with Crippen LogP contribution < -0.4 is 15.8 Å². The van der Waals surface area contributed by atoms with Crippen LogP contribution >= 0.6 is 0 Å². The van der Waals surface area contributed by atoms with Crippen molar-refractivity contribution in [1.82, 2.24) is 24.7 Å². The average Bonchev–Trinajstić information content (AvgIpc) is 3.00. The molecule has 2 aromatic carbocycles. The van der Waals surface area contributed by atoms with Gasteiger partial charge in [-0.05, 0) is 43.3 Å². The number of nitrogens with one attached hydrogen (secondary N) is 1. The van der Waals surface area contributed by atoms with Crippen molar-refractivity contribution in [3.63, 3.8) is 0 Å². The molecule has 3 aromatic rings. The lowest BCUT2D eigenvalue weighted by Crippen LogP contribution is -2.44. The maximum absolute atomic E-state index is 14.0. The molecule has 5 rings (SSSR count). The molecule has 2 aliphatic rings. The highest BCUT2D eigenvalue weighted by atomic mass is 19.4. The molecule has 10 nitrogen and oxygen atoms in total. The second-order valence-electron chi connectivity index (χ2n) is 11.3. The van der Waals surface area contributed by atoms with Crippen molar-refractivity contribution >= 4 is 23.5 Å². The largest absolute Gasteiger partial charge is 0.490 e. The molecule has 3 N–H and O–H groups in total. The average molecular weight is 612 g/mol. The van der Waals surface area contributed by atoms with Gasteiger partial charge in [-0.15, -0.1) is 0 Å². The van der Waals surface area contributed by atoms with Gasteiger partial charge in [0.05, 0.1) is 11.1 Å². The first kappa shape index (κ1) is 31.2. The molecule has 1 aromatic heterocycles. The van der Waals surface area contributed by atoms with Gasteiger partial charge in [0.25, 0.3) is 11.8 Å². The zero-order valence-electron chi connectivity index (χ0n) is 24.7. The number of alkyl halides is 3. The third-order valence-corrected chi connectivity index (χ3v) is 8.05. The van der Waals surface area contributed by atoms with Crippen LogP contribution in [-0.2, 0) is 12.7 Å². The molecule has 44 heavy (non-hydrogen) atoms. The van der Waals surface area contributed by atoms with E-state index >= 15 is 0 Å². The Hall–Kier alpha value is -4.23. The third-order valence-electron chi connectivity index (χ3n) is 8.05. The maximum atomic E-state index is 14.0. The number of rotatable bonds is 7. The highest BCUT2D eigenvalue weighted by molar-refractivity contribution is 6.04. The molecule has 13 heteroatoms. The van der Waals surface area contributed by atoms with Gasteiger partial charge in [-0.3, -0.25) is 14.5 Å². The van der Waals surface area contributed by atoms with Crippen molar-refractivity contribution in [2.75, 3.05) is 57.4 Å². The van der Waals surface area contributed by atoms with Crippen LogP contribution in [0.2, 0.25) is 0 Å². The number of piperidine rings is 1. The summed E-state index contributed by atoms with van der Waals surface area (Å²) in [6, 6.07) is 8.90. The van der Waals surface area contributed by atoms with Gasteiger partial charge in [-0.1, -0.05) is 12.1 Å². The van der Waals surface area contributed by atoms with E-state index in [0.717, 1.165) is 24.7 Å². The quantitative estimate of drug-likeness (QED) is 0.411. The summed E-state index contributed by atoms with van der Waals surface area (Å²) >= 11 is 0. The van der Waals surface area contributed by atoms with Gasteiger partial charge in [0, 0.05) is 88.4 Å². The number of likely N-dealkylation sites (tertiary alicyclic amines) is 1. The van der Waals surface area contributed by atoms with Crippen molar-refractivity contribution in [3.05, 3.63) is 76.6 Å². The fourth-order valence-electron chi connectivity index (χ4n) is 5.36. The molecular formula is C31H36F3N7O3. The highest BCUT2D eigenvalue weighted by Gasteiger charge is 2.35. The summed E-state index contributed by atoms with van der Waals surface area (Å²) in [5, 5.41) is 2.72. The Morgan fingerprint density at radius 1 is 0.977 bits per heavy atom. The van der Waals surface area contributed by atoms with E-state index in [0.29, 0.717) is 56.0 Å². The van der Waals surface area contributed by atoms with E-state index < -0.39 is 17.6 Å². The lowest BCUT2D eigenvalue weighted by atomic mass is 10.0. The topological polar surface area (TPSA) is 117 Å². The fraction of sp³-hybridized carbons (Fsp3) is 0.419. The smallest absolute Gasteiger partial charge is 0.416 e. The summed E-state index contributed by atoms with van der Waals surface area (Å²) in [7, 11) is 1.99. The second-order valence-corrected chi connectivity index (χ2v) is 11.3. The Morgan fingerprint density at radius 2 is 1.66 bits per heavy atom. The number of aromatic nitrogens is 2.